The minimum Gasteiger partial charge on any atom is -0.497 e. The predicted octanol–water partition coefficient (Wildman–Crippen LogP) is 2.72. The number of ether oxygens (including phenoxy) is 2. The van der Waals surface area contributed by atoms with Crippen LogP contribution in [0.3, 0.4) is 0 Å². The Labute approximate surface area is 255 Å². The predicted molar refractivity (Wildman–Crippen MR) is 167 cm³/mol. The van der Waals surface area contributed by atoms with Crippen LogP contribution < -0.4 is 30.1 Å². The number of rotatable bonds is 8. The first-order valence-electron chi connectivity index (χ1n) is 13.7. The summed E-state index contributed by atoms with van der Waals surface area (Å²) < 4.78 is 59.9. The van der Waals surface area contributed by atoms with E-state index < -0.39 is 20.0 Å². The smallest absolute Gasteiger partial charge is 0.240 e. The molecule has 4 aromatic rings. The number of nitrogens with one attached hydrogen (secondary N) is 1. The number of hydrogen-bond donors (Lipinski definition) is 3. The Bertz CT molecular complexity index is 1930. The molecule has 13 nitrogen and oxygen atoms in total. The Morgan fingerprint density at radius 3 is 2.27 bits per heavy atom. The summed E-state index contributed by atoms with van der Waals surface area (Å²) in [4.78, 5) is 13.7. The molecular weight excluding hydrogens is 606 g/mol. The van der Waals surface area contributed by atoms with Gasteiger partial charge >= 0.3 is 0 Å². The lowest BCUT2D eigenvalue weighted by molar-refractivity contribution is 0.122. The van der Waals surface area contributed by atoms with Gasteiger partial charge in [0.15, 0.2) is 0 Å². The first kappa shape index (κ1) is 29.8. The average Bonchev–Trinajstić information content (AvgIpc) is 3.45. The monoisotopic (exact) mass is 637 g/mol. The number of methoxy groups -OCH3 is 1. The van der Waals surface area contributed by atoms with Crippen molar-refractivity contribution in [2.24, 2.45) is 10.3 Å². The van der Waals surface area contributed by atoms with Crippen molar-refractivity contribution in [3.05, 3.63) is 72.3 Å². The summed E-state index contributed by atoms with van der Waals surface area (Å²) in [6.45, 7) is 2.72. The van der Waals surface area contributed by atoms with E-state index in [0.717, 1.165) is 22.4 Å². The Morgan fingerprint density at radius 2 is 1.59 bits per heavy atom. The molecule has 6 rings (SSSR count). The second kappa shape index (κ2) is 11.7. The van der Waals surface area contributed by atoms with Gasteiger partial charge in [0.1, 0.15) is 22.3 Å². The normalized spacial score (nSPS) is 15.2. The maximum atomic E-state index is 12.7. The second-order valence-corrected chi connectivity index (χ2v) is 13.4. The number of anilines is 5. The second-order valence-electron chi connectivity index (χ2n) is 10.3. The van der Waals surface area contributed by atoms with Crippen molar-refractivity contribution >= 4 is 49.0 Å². The maximum Gasteiger partial charge on any atom is 0.240 e. The van der Waals surface area contributed by atoms with E-state index in [2.05, 4.69) is 5.32 Å². The van der Waals surface area contributed by atoms with Crippen LogP contribution in [-0.2, 0) is 31.2 Å². The van der Waals surface area contributed by atoms with Gasteiger partial charge in [-0.3, -0.25) is 0 Å². The Kier molecular flexibility index (Phi) is 7.89. The van der Waals surface area contributed by atoms with E-state index in [1.165, 1.54) is 18.2 Å². The molecule has 0 bridgehead atoms. The molecule has 3 heterocycles. The largest absolute Gasteiger partial charge is 0.497 e. The minimum absolute atomic E-state index is 0.00570. The summed E-state index contributed by atoms with van der Waals surface area (Å²) in [5, 5.41) is 14.2. The molecular formula is C29H31N7O6S2. The van der Waals surface area contributed by atoms with E-state index in [9.17, 15) is 16.8 Å². The van der Waals surface area contributed by atoms with E-state index in [4.69, 9.17) is 29.7 Å². The van der Waals surface area contributed by atoms with Gasteiger partial charge in [0.25, 0.3) is 0 Å². The number of nitrogens with zero attached hydrogens (tertiary/aromatic N) is 4. The van der Waals surface area contributed by atoms with Gasteiger partial charge < -0.3 is 24.6 Å². The van der Waals surface area contributed by atoms with Crippen LogP contribution in [0.15, 0.2) is 76.5 Å². The molecule has 0 saturated carbocycles. The molecule has 0 aliphatic carbocycles. The van der Waals surface area contributed by atoms with Crippen LogP contribution in [0.5, 0.6) is 5.75 Å². The number of sulfonamides is 2. The number of hydrogen-bond acceptors (Lipinski definition) is 11. The zero-order valence-corrected chi connectivity index (χ0v) is 25.4. The summed E-state index contributed by atoms with van der Waals surface area (Å²) in [6.07, 6.45) is 0.540. The number of aromatic nitrogens is 2. The molecule has 2 aliphatic rings. The van der Waals surface area contributed by atoms with Gasteiger partial charge in [-0.2, -0.15) is 9.97 Å². The lowest BCUT2D eigenvalue weighted by atomic mass is 10.0. The standard InChI is InChI=1S/C29H31N7O6S2/c1-41-22-4-2-3-19(17-22)20-5-10-26(44(31,39)40)25(18-20)32-27-24-11-12-36(21-6-8-23(9-7-21)43(30,37)38)28(24)34-29(33-27)35-13-15-42-16-14-35/h2-10,17-18H,11-16H2,1H3,(H2,30,37,38)(H2,31,39,40)(H,32,33,34). The molecule has 0 unspecified atom stereocenters. The lowest BCUT2D eigenvalue weighted by Gasteiger charge is -2.28. The fraction of sp³-hybridized carbons (Fsp3) is 0.241. The van der Waals surface area contributed by atoms with Crippen molar-refractivity contribution in [3.8, 4) is 16.9 Å². The third-order valence-corrected chi connectivity index (χ3v) is 9.43. The average molecular weight is 638 g/mol. The highest BCUT2D eigenvalue weighted by molar-refractivity contribution is 7.89. The van der Waals surface area contributed by atoms with Gasteiger partial charge in [0, 0.05) is 30.9 Å². The van der Waals surface area contributed by atoms with Crippen molar-refractivity contribution in [3.63, 3.8) is 0 Å². The van der Waals surface area contributed by atoms with Crippen LogP contribution in [0.25, 0.3) is 11.1 Å². The Hall–Kier alpha value is -4.28. The van der Waals surface area contributed by atoms with E-state index in [-0.39, 0.29) is 15.5 Å². The third kappa shape index (κ3) is 6.05. The molecule has 5 N–H and O–H groups in total. The number of benzene rings is 3. The van der Waals surface area contributed by atoms with Crippen LogP contribution in [0, 0.1) is 0 Å². The third-order valence-electron chi connectivity index (χ3n) is 7.53. The zero-order chi connectivity index (χ0) is 31.1. The van der Waals surface area contributed by atoms with Crippen LogP contribution in [0.1, 0.15) is 5.56 Å². The highest BCUT2D eigenvalue weighted by Gasteiger charge is 2.30. The fourth-order valence-electron chi connectivity index (χ4n) is 5.30. The fourth-order valence-corrected chi connectivity index (χ4v) is 6.49. The van der Waals surface area contributed by atoms with E-state index >= 15 is 0 Å². The molecule has 0 spiro atoms. The highest BCUT2D eigenvalue weighted by atomic mass is 32.2. The van der Waals surface area contributed by atoms with E-state index in [1.54, 1.807) is 31.4 Å². The first-order chi connectivity index (χ1) is 21.0. The quantitative estimate of drug-likeness (QED) is 0.258. The Balaban J connectivity index is 1.46. The molecule has 0 amide bonds. The van der Waals surface area contributed by atoms with Gasteiger partial charge in [0.2, 0.25) is 26.0 Å². The SMILES string of the molecule is COc1cccc(-c2ccc(S(N)(=O)=O)c(Nc3nc(N4CCOCC4)nc4c3CCN4c3ccc(S(N)(=O)=O)cc3)c2)c1. The van der Waals surface area contributed by atoms with Crippen molar-refractivity contribution in [1.82, 2.24) is 9.97 Å². The molecule has 2 aliphatic heterocycles. The topological polar surface area (TPSA) is 183 Å². The van der Waals surface area contributed by atoms with Gasteiger partial charge in [-0.25, -0.2) is 27.1 Å². The lowest BCUT2D eigenvalue weighted by Crippen LogP contribution is -2.37. The van der Waals surface area contributed by atoms with Gasteiger partial charge in [-0.15, -0.1) is 0 Å². The molecule has 3 aromatic carbocycles. The molecule has 1 fully saturated rings. The molecule has 0 atom stereocenters. The summed E-state index contributed by atoms with van der Waals surface area (Å²) in [6, 6.07) is 18.6. The number of morpholine rings is 1. The molecule has 15 heteroatoms. The van der Waals surface area contributed by atoms with Crippen LogP contribution in [0.2, 0.25) is 0 Å². The van der Waals surface area contributed by atoms with Crippen LogP contribution in [-0.4, -0.2) is 66.8 Å². The van der Waals surface area contributed by atoms with E-state index in [0.29, 0.717) is 62.6 Å². The van der Waals surface area contributed by atoms with Crippen LogP contribution in [0.4, 0.5) is 29.0 Å². The number of fused-ring (bicyclic) bond motifs is 1. The minimum atomic E-state index is -4.11. The maximum absolute atomic E-state index is 12.7. The van der Waals surface area contributed by atoms with Crippen molar-refractivity contribution in [2.75, 3.05) is 55.1 Å². The molecule has 0 radical (unpaired) electrons. The van der Waals surface area contributed by atoms with Crippen molar-refractivity contribution in [1.29, 1.82) is 0 Å². The molecule has 44 heavy (non-hydrogen) atoms. The zero-order valence-electron chi connectivity index (χ0n) is 23.8. The van der Waals surface area contributed by atoms with Gasteiger partial charge in [-0.1, -0.05) is 18.2 Å². The van der Waals surface area contributed by atoms with Crippen LogP contribution >= 0.6 is 0 Å². The molecule has 230 valence electrons. The summed E-state index contributed by atoms with van der Waals surface area (Å²) in [5.74, 6) is 2.17. The van der Waals surface area contributed by atoms with Crippen molar-refractivity contribution < 1.29 is 26.3 Å². The summed E-state index contributed by atoms with van der Waals surface area (Å²) in [7, 11) is -6.38. The number of primary sulfonamides is 2. The summed E-state index contributed by atoms with van der Waals surface area (Å²) in [5.41, 5.74) is 3.32. The Morgan fingerprint density at radius 1 is 0.864 bits per heavy atom. The first-order valence-corrected chi connectivity index (χ1v) is 16.8. The molecule has 1 aromatic heterocycles. The number of nitrogens with two attached hydrogens (primary N) is 2. The molecule has 1 saturated heterocycles. The van der Waals surface area contributed by atoms with Gasteiger partial charge in [-0.05, 0) is 66.1 Å². The van der Waals surface area contributed by atoms with Gasteiger partial charge in [0.05, 0.1) is 30.9 Å². The van der Waals surface area contributed by atoms with E-state index in [1.807, 2.05) is 34.1 Å². The van der Waals surface area contributed by atoms with Crippen molar-refractivity contribution in [2.45, 2.75) is 16.2 Å². The highest BCUT2D eigenvalue weighted by Crippen LogP contribution is 2.40. The summed E-state index contributed by atoms with van der Waals surface area (Å²) >= 11 is 0.